The van der Waals surface area contributed by atoms with E-state index in [1.54, 1.807) is 43.1 Å². The third-order valence-electron chi connectivity index (χ3n) is 3.59. The molecular weight excluding hydrogens is 334 g/mol. The zero-order valence-corrected chi connectivity index (χ0v) is 14.3. The van der Waals surface area contributed by atoms with Gasteiger partial charge in [-0.15, -0.1) is 5.10 Å². The van der Waals surface area contributed by atoms with E-state index in [0.717, 1.165) is 0 Å². The fourth-order valence-corrected chi connectivity index (χ4v) is 2.18. The van der Waals surface area contributed by atoms with Crippen molar-refractivity contribution in [2.45, 2.75) is 20.4 Å². The van der Waals surface area contributed by atoms with Crippen LogP contribution < -0.4 is 11.2 Å². The molecule has 0 saturated carbocycles. The molecule has 132 valence electrons. The highest BCUT2D eigenvalue weighted by molar-refractivity contribution is 5.93. The summed E-state index contributed by atoms with van der Waals surface area (Å²) in [5.41, 5.74) is 10.4. The predicted molar refractivity (Wildman–Crippen MR) is 94.3 cm³/mol. The number of aryl methyl sites for hydroxylation is 1. The van der Waals surface area contributed by atoms with Gasteiger partial charge in [0.1, 0.15) is 11.6 Å². The third kappa shape index (κ3) is 3.86. The molecule has 0 aromatic carbocycles. The fraction of sp³-hybridized carbons (Fsp3) is 0.188. The number of amides is 1. The van der Waals surface area contributed by atoms with Gasteiger partial charge in [-0.3, -0.25) is 9.78 Å². The van der Waals surface area contributed by atoms with E-state index in [-0.39, 0.29) is 5.69 Å². The zero-order valence-electron chi connectivity index (χ0n) is 14.3. The lowest BCUT2D eigenvalue weighted by Crippen LogP contribution is -2.19. The Morgan fingerprint density at radius 3 is 2.92 bits per heavy atom. The molecule has 0 aliphatic rings. The zero-order chi connectivity index (χ0) is 18.5. The average Bonchev–Trinajstić information content (AvgIpc) is 2.99. The van der Waals surface area contributed by atoms with Crippen LogP contribution in [0.2, 0.25) is 0 Å². The lowest BCUT2D eigenvalue weighted by Gasteiger charge is -2.06. The molecule has 10 nitrogen and oxygen atoms in total. The van der Waals surface area contributed by atoms with E-state index in [0.29, 0.717) is 35.1 Å². The largest absolute Gasteiger partial charge is 0.383 e. The van der Waals surface area contributed by atoms with E-state index >= 15 is 0 Å². The molecular formula is C16H17N9O. The molecule has 0 unspecified atom stereocenters. The number of hydrogen-bond donors (Lipinski definition) is 2. The first kappa shape index (κ1) is 17.1. The first-order valence-corrected chi connectivity index (χ1v) is 7.77. The number of pyridine rings is 1. The number of nitrogens with zero attached hydrogens (tertiary/aromatic N) is 7. The Kier molecular flexibility index (Phi) is 4.92. The smallest absolute Gasteiger partial charge is 0.293 e. The number of hydrazone groups is 1. The summed E-state index contributed by atoms with van der Waals surface area (Å²) in [6.45, 7) is 3.81. The van der Waals surface area contributed by atoms with Gasteiger partial charge in [-0.25, -0.2) is 20.1 Å². The second kappa shape index (κ2) is 7.47. The van der Waals surface area contributed by atoms with Crippen LogP contribution in [0, 0.1) is 13.8 Å². The summed E-state index contributed by atoms with van der Waals surface area (Å²) in [4.78, 5) is 24.5. The van der Waals surface area contributed by atoms with Crippen LogP contribution in [-0.2, 0) is 6.54 Å². The van der Waals surface area contributed by atoms with Crippen molar-refractivity contribution in [2.24, 2.45) is 5.10 Å². The number of aromatic nitrogens is 6. The first-order valence-electron chi connectivity index (χ1n) is 7.77. The summed E-state index contributed by atoms with van der Waals surface area (Å²) in [7, 11) is 0. The topological polar surface area (TPSA) is 137 Å². The molecule has 0 aliphatic carbocycles. The minimum atomic E-state index is -0.464. The van der Waals surface area contributed by atoms with Crippen molar-refractivity contribution in [3.8, 4) is 0 Å². The molecule has 0 fully saturated rings. The van der Waals surface area contributed by atoms with E-state index in [4.69, 9.17) is 5.73 Å². The number of carbonyl (C=O) groups excluding carboxylic acids is 1. The summed E-state index contributed by atoms with van der Waals surface area (Å²) in [5, 5.41) is 11.8. The summed E-state index contributed by atoms with van der Waals surface area (Å²) in [5.74, 6) is 0.500. The normalized spacial score (nSPS) is 11.0. The Morgan fingerprint density at radius 2 is 2.19 bits per heavy atom. The molecule has 3 N–H and O–H groups in total. The Bertz CT molecular complexity index is 950. The van der Waals surface area contributed by atoms with Crippen molar-refractivity contribution < 1.29 is 4.79 Å². The van der Waals surface area contributed by atoms with Crippen LogP contribution in [0.1, 0.15) is 33.3 Å². The van der Waals surface area contributed by atoms with Gasteiger partial charge in [0.05, 0.1) is 24.1 Å². The van der Waals surface area contributed by atoms with Crippen molar-refractivity contribution in [1.82, 2.24) is 35.4 Å². The second-order valence-electron chi connectivity index (χ2n) is 5.46. The first-order chi connectivity index (χ1) is 12.5. The molecule has 3 heterocycles. The molecule has 0 spiro atoms. The lowest BCUT2D eigenvalue weighted by molar-refractivity contribution is 0.0949. The van der Waals surface area contributed by atoms with Crippen LogP contribution in [0.4, 0.5) is 5.82 Å². The van der Waals surface area contributed by atoms with E-state index in [2.05, 4.69) is 35.8 Å². The highest BCUT2D eigenvalue weighted by Crippen LogP contribution is 2.11. The van der Waals surface area contributed by atoms with Gasteiger partial charge in [0.2, 0.25) is 0 Å². The molecule has 1 amide bonds. The van der Waals surface area contributed by atoms with Crippen LogP contribution in [-0.4, -0.2) is 42.1 Å². The maximum atomic E-state index is 12.2. The van der Waals surface area contributed by atoms with Crippen molar-refractivity contribution in [2.75, 3.05) is 5.73 Å². The molecule has 26 heavy (non-hydrogen) atoms. The van der Waals surface area contributed by atoms with Gasteiger partial charge in [-0.2, -0.15) is 5.10 Å². The molecule has 0 radical (unpaired) electrons. The minimum Gasteiger partial charge on any atom is -0.383 e. The van der Waals surface area contributed by atoms with Crippen LogP contribution in [0.15, 0.2) is 35.7 Å². The Morgan fingerprint density at radius 1 is 1.35 bits per heavy atom. The number of carbonyl (C=O) groups is 1. The lowest BCUT2D eigenvalue weighted by atomic mass is 10.3. The molecule has 3 rings (SSSR count). The molecule has 0 aliphatic heterocycles. The highest BCUT2D eigenvalue weighted by atomic mass is 16.2. The number of hydrogen-bond acceptors (Lipinski definition) is 8. The van der Waals surface area contributed by atoms with Gasteiger partial charge in [0, 0.05) is 18.0 Å². The quantitative estimate of drug-likeness (QED) is 0.503. The van der Waals surface area contributed by atoms with Crippen LogP contribution in [0.25, 0.3) is 0 Å². The van der Waals surface area contributed by atoms with Crippen molar-refractivity contribution in [3.63, 3.8) is 0 Å². The number of rotatable bonds is 5. The summed E-state index contributed by atoms with van der Waals surface area (Å²) >= 11 is 0. The van der Waals surface area contributed by atoms with Crippen LogP contribution in [0.3, 0.4) is 0 Å². The number of nitrogens with two attached hydrogens (primary N) is 1. The molecule has 3 aromatic rings. The molecule has 10 heteroatoms. The minimum absolute atomic E-state index is 0.176. The second-order valence-corrected chi connectivity index (χ2v) is 5.46. The molecule has 0 saturated heterocycles. The Balaban J connectivity index is 1.70. The van der Waals surface area contributed by atoms with Crippen molar-refractivity contribution >= 4 is 17.9 Å². The van der Waals surface area contributed by atoms with Crippen LogP contribution >= 0.6 is 0 Å². The van der Waals surface area contributed by atoms with Gasteiger partial charge in [-0.1, -0.05) is 11.3 Å². The van der Waals surface area contributed by atoms with Crippen molar-refractivity contribution in [3.05, 3.63) is 59.1 Å². The van der Waals surface area contributed by atoms with Gasteiger partial charge in [0.15, 0.2) is 5.69 Å². The number of nitrogens with one attached hydrogen (secondary N) is 1. The number of anilines is 1. The summed E-state index contributed by atoms with van der Waals surface area (Å²) in [6.07, 6.45) is 4.72. The Hall–Kier alpha value is -3.69. The maximum Gasteiger partial charge on any atom is 0.293 e. The Labute approximate surface area is 149 Å². The monoisotopic (exact) mass is 351 g/mol. The molecule has 0 atom stereocenters. The summed E-state index contributed by atoms with van der Waals surface area (Å²) in [6, 6.07) is 5.39. The van der Waals surface area contributed by atoms with Gasteiger partial charge in [0.25, 0.3) is 5.91 Å². The van der Waals surface area contributed by atoms with Gasteiger partial charge in [-0.05, 0) is 26.0 Å². The third-order valence-corrected chi connectivity index (χ3v) is 3.59. The standard InChI is InChI=1S/C16H17N9O/c1-10-14(16(26)23-20-8-13-5-3-4-6-18-13)22-24-25(10)9-12-7-19-11(2)21-15(12)17/h3-8H,9H2,1-2H3,(H,23,26)(H2,17,19,21)/b20-8+. The average molecular weight is 351 g/mol. The fourth-order valence-electron chi connectivity index (χ4n) is 2.18. The van der Waals surface area contributed by atoms with Gasteiger partial charge < -0.3 is 5.73 Å². The van der Waals surface area contributed by atoms with Crippen molar-refractivity contribution in [1.29, 1.82) is 0 Å². The maximum absolute atomic E-state index is 12.2. The van der Waals surface area contributed by atoms with E-state index in [9.17, 15) is 4.79 Å². The highest BCUT2D eigenvalue weighted by Gasteiger charge is 2.17. The molecule has 3 aromatic heterocycles. The summed E-state index contributed by atoms with van der Waals surface area (Å²) < 4.78 is 1.56. The van der Waals surface area contributed by atoms with Gasteiger partial charge >= 0.3 is 0 Å². The predicted octanol–water partition coefficient (Wildman–Crippen LogP) is 0.474. The van der Waals surface area contributed by atoms with E-state index in [1.165, 1.54) is 6.21 Å². The van der Waals surface area contributed by atoms with Crippen LogP contribution in [0.5, 0.6) is 0 Å². The SMILES string of the molecule is Cc1ncc(Cn2nnc(C(=O)N/N=C/c3ccccn3)c2C)c(N)n1. The van der Waals surface area contributed by atoms with E-state index < -0.39 is 5.91 Å². The number of nitrogen functional groups attached to an aromatic ring is 1. The van der Waals surface area contributed by atoms with E-state index in [1.807, 2.05) is 6.07 Å². The molecule has 0 bridgehead atoms.